The molecule has 2 heterocycles. The molecule has 0 aliphatic carbocycles. The Bertz CT molecular complexity index is 898. The fourth-order valence-electron chi connectivity index (χ4n) is 2.61. The van der Waals surface area contributed by atoms with Crippen molar-refractivity contribution in [3.63, 3.8) is 0 Å². The van der Waals surface area contributed by atoms with Gasteiger partial charge in [0.25, 0.3) is 11.8 Å². The highest BCUT2D eigenvalue weighted by molar-refractivity contribution is 6.31. The maximum atomic E-state index is 12.3. The Balaban J connectivity index is 0.000000815. The first-order valence-corrected chi connectivity index (χ1v) is 8.02. The molecule has 5 nitrogen and oxygen atoms in total. The van der Waals surface area contributed by atoms with Crippen LogP contribution in [0.3, 0.4) is 0 Å². The van der Waals surface area contributed by atoms with E-state index in [2.05, 4.69) is 5.16 Å². The zero-order valence-corrected chi connectivity index (χ0v) is 14.0. The van der Waals surface area contributed by atoms with Gasteiger partial charge in [-0.05, 0) is 24.3 Å². The van der Waals surface area contributed by atoms with Gasteiger partial charge >= 0.3 is 0 Å². The molecule has 2 amide bonds. The van der Waals surface area contributed by atoms with Crippen LogP contribution in [0.4, 0.5) is 0 Å². The van der Waals surface area contributed by atoms with Gasteiger partial charge in [-0.2, -0.15) is 0 Å². The second kappa shape index (κ2) is 6.45. The van der Waals surface area contributed by atoms with Gasteiger partial charge in [0.15, 0.2) is 5.58 Å². The second-order valence-electron chi connectivity index (χ2n) is 5.01. The van der Waals surface area contributed by atoms with Gasteiger partial charge in [0.05, 0.1) is 17.7 Å². The summed E-state index contributed by atoms with van der Waals surface area (Å²) in [5.74, 6) is -0.628. The zero-order chi connectivity index (χ0) is 17.3. The minimum absolute atomic E-state index is 0.0704. The number of hydrogen-bond donors (Lipinski definition) is 0. The number of halogens is 1. The average molecular weight is 343 g/mol. The van der Waals surface area contributed by atoms with Crippen LogP contribution in [0, 0.1) is 0 Å². The Morgan fingerprint density at radius 3 is 2.29 bits per heavy atom. The molecule has 0 radical (unpaired) electrons. The van der Waals surface area contributed by atoms with E-state index in [0.717, 1.165) is 5.39 Å². The monoisotopic (exact) mass is 342 g/mol. The smallest absolute Gasteiger partial charge is 0.261 e. The maximum Gasteiger partial charge on any atom is 0.261 e. The van der Waals surface area contributed by atoms with Gasteiger partial charge in [-0.15, -0.1) is 0 Å². The van der Waals surface area contributed by atoms with Crippen molar-refractivity contribution in [3.8, 4) is 0 Å². The number of hydrogen-bond acceptors (Lipinski definition) is 4. The molecule has 2 aromatic carbocycles. The fourth-order valence-corrected chi connectivity index (χ4v) is 2.77. The Hall–Kier alpha value is -2.66. The van der Waals surface area contributed by atoms with Gasteiger partial charge < -0.3 is 4.52 Å². The lowest BCUT2D eigenvalue weighted by atomic mass is 10.1. The van der Waals surface area contributed by atoms with Gasteiger partial charge in [-0.3, -0.25) is 14.5 Å². The van der Waals surface area contributed by atoms with Gasteiger partial charge in [0.2, 0.25) is 0 Å². The molecule has 0 spiro atoms. The number of nitrogens with zero attached hydrogens (tertiary/aromatic N) is 2. The number of carbonyl (C=O) groups is 2. The molecule has 24 heavy (non-hydrogen) atoms. The summed E-state index contributed by atoms with van der Waals surface area (Å²) in [5.41, 5.74) is 1.90. The molecule has 0 unspecified atom stereocenters. The number of benzene rings is 2. The first kappa shape index (κ1) is 16.2. The Kier molecular flexibility index (Phi) is 4.36. The van der Waals surface area contributed by atoms with Crippen LogP contribution in [0.2, 0.25) is 5.02 Å². The van der Waals surface area contributed by atoms with Crippen molar-refractivity contribution in [1.29, 1.82) is 0 Å². The quantitative estimate of drug-likeness (QED) is 0.651. The van der Waals surface area contributed by atoms with Crippen molar-refractivity contribution in [3.05, 3.63) is 64.3 Å². The molecule has 0 saturated carbocycles. The van der Waals surface area contributed by atoms with Gasteiger partial charge in [0.1, 0.15) is 5.69 Å². The van der Waals surface area contributed by atoms with E-state index in [0.29, 0.717) is 27.4 Å². The van der Waals surface area contributed by atoms with Crippen LogP contribution in [0.5, 0.6) is 0 Å². The highest BCUT2D eigenvalue weighted by atomic mass is 35.5. The van der Waals surface area contributed by atoms with Crippen molar-refractivity contribution < 1.29 is 14.1 Å². The Morgan fingerprint density at radius 2 is 1.67 bits per heavy atom. The molecular formula is C18H15ClN2O3. The molecule has 0 bridgehead atoms. The summed E-state index contributed by atoms with van der Waals surface area (Å²) < 4.78 is 5.20. The summed E-state index contributed by atoms with van der Waals surface area (Å²) in [6.45, 7) is 4.07. The lowest BCUT2D eigenvalue weighted by Gasteiger charge is -2.11. The molecule has 1 aliphatic heterocycles. The second-order valence-corrected chi connectivity index (χ2v) is 5.45. The Labute approximate surface area is 143 Å². The SMILES string of the molecule is CC.O=C1c2ccccc2C(=O)N1Cc1noc2cc(Cl)ccc12. The summed E-state index contributed by atoms with van der Waals surface area (Å²) in [6.07, 6.45) is 0. The van der Waals surface area contributed by atoms with Crippen LogP contribution in [0.25, 0.3) is 11.0 Å². The van der Waals surface area contributed by atoms with E-state index in [1.165, 1.54) is 4.90 Å². The minimum Gasteiger partial charge on any atom is -0.356 e. The van der Waals surface area contributed by atoms with Crippen molar-refractivity contribution in [2.24, 2.45) is 0 Å². The summed E-state index contributed by atoms with van der Waals surface area (Å²) >= 11 is 5.90. The highest BCUT2D eigenvalue weighted by Crippen LogP contribution is 2.27. The fraction of sp³-hybridized carbons (Fsp3) is 0.167. The Morgan fingerprint density at radius 1 is 1.04 bits per heavy atom. The van der Waals surface area contributed by atoms with E-state index >= 15 is 0 Å². The van der Waals surface area contributed by atoms with E-state index in [4.69, 9.17) is 16.1 Å². The number of fused-ring (bicyclic) bond motifs is 2. The first-order chi connectivity index (χ1) is 11.6. The normalized spacial score (nSPS) is 13.0. The minimum atomic E-state index is -0.314. The molecule has 0 fully saturated rings. The molecule has 1 aliphatic rings. The third-order valence-electron chi connectivity index (χ3n) is 3.69. The zero-order valence-electron chi connectivity index (χ0n) is 13.2. The van der Waals surface area contributed by atoms with Gasteiger partial charge in [-0.25, -0.2) is 0 Å². The number of rotatable bonds is 2. The standard InChI is InChI=1S/C16H9ClN2O3.C2H6/c17-9-5-6-12-13(18-22-14(12)7-9)8-19-15(20)10-3-1-2-4-11(10)16(19)21;1-2/h1-7H,8H2;1-2H3. The molecule has 3 aromatic rings. The van der Waals surface area contributed by atoms with Crippen LogP contribution in [0.1, 0.15) is 40.3 Å². The van der Waals surface area contributed by atoms with E-state index in [-0.39, 0.29) is 18.4 Å². The molecule has 6 heteroatoms. The molecule has 0 saturated heterocycles. The summed E-state index contributed by atoms with van der Waals surface area (Å²) in [4.78, 5) is 25.9. The van der Waals surface area contributed by atoms with Crippen LogP contribution in [-0.4, -0.2) is 21.9 Å². The van der Waals surface area contributed by atoms with Crippen LogP contribution in [0.15, 0.2) is 47.0 Å². The molecule has 0 atom stereocenters. The number of imide groups is 1. The predicted octanol–water partition coefficient (Wildman–Crippen LogP) is 4.30. The van der Waals surface area contributed by atoms with Gasteiger partial charge in [0, 0.05) is 16.5 Å². The van der Waals surface area contributed by atoms with Crippen molar-refractivity contribution >= 4 is 34.4 Å². The first-order valence-electron chi connectivity index (χ1n) is 7.64. The maximum absolute atomic E-state index is 12.3. The average Bonchev–Trinajstić information content (AvgIpc) is 3.11. The topological polar surface area (TPSA) is 63.4 Å². The van der Waals surface area contributed by atoms with E-state index in [1.807, 2.05) is 13.8 Å². The van der Waals surface area contributed by atoms with Crippen molar-refractivity contribution in [2.45, 2.75) is 20.4 Å². The van der Waals surface area contributed by atoms with Crippen LogP contribution < -0.4 is 0 Å². The number of aromatic nitrogens is 1. The lowest BCUT2D eigenvalue weighted by molar-refractivity contribution is 0.0640. The number of carbonyl (C=O) groups excluding carboxylic acids is 2. The molecule has 122 valence electrons. The summed E-state index contributed by atoms with van der Waals surface area (Å²) in [6, 6.07) is 11.9. The molecule has 4 rings (SSSR count). The predicted molar refractivity (Wildman–Crippen MR) is 91.0 cm³/mol. The molecular weight excluding hydrogens is 328 g/mol. The van der Waals surface area contributed by atoms with E-state index in [9.17, 15) is 9.59 Å². The third kappa shape index (κ3) is 2.57. The third-order valence-corrected chi connectivity index (χ3v) is 3.93. The van der Waals surface area contributed by atoms with Crippen LogP contribution >= 0.6 is 11.6 Å². The van der Waals surface area contributed by atoms with Crippen molar-refractivity contribution in [1.82, 2.24) is 10.1 Å². The van der Waals surface area contributed by atoms with E-state index < -0.39 is 0 Å². The number of amides is 2. The van der Waals surface area contributed by atoms with Gasteiger partial charge in [-0.1, -0.05) is 42.7 Å². The van der Waals surface area contributed by atoms with Crippen molar-refractivity contribution in [2.75, 3.05) is 0 Å². The lowest BCUT2D eigenvalue weighted by Crippen LogP contribution is -2.29. The van der Waals surface area contributed by atoms with Crippen LogP contribution in [-0.2, 0) is 6.54 Å². The molecule has 0 N–H and O–H groups in total. The molecule has 1 aromatic heterocycles. The highest BCUT2D eigenvalue weighted by Gasteiger charge is 2.35. The summed E-state index contributed by atoms with van der Waals surface area (Å²) in [5, 5.41) is 5.23. The largest absolute Gasteiger partial charge is 0.356 e. The van der Waals surface area contributed by atoms with E-state index in [1.54, 1.807) is 42.5 Å². The summed E-state index contributed by atoms with van der Waals surface area (Å²) in [7, 11) is 0.